The Morgan fingerprint density at radius 1 is 1.42 bits per heavy atom. The van der Waals surface area contributed by atoms with Gasteiger partial charge in [-0.05, 0) is 15.9 Å². The molecule has 2 heterocycles. The van der Waals surface area contributed by atoms with Crippen molar-refractivity contribution < 1.29 is 4.42 Å². The number of anilines is 1. The van der Waals surface area contributed by atoms with Crippen LogP contribution in [0.2, 0.25) is 0 Å². The molecule has 0 saturated heterocycles. The molecule has 0 saturated carbocycles. The van der Waals surface area contributed by atoms with Crippen molar-refractivity contribution >= 4 is 33.3 Å². The zero-order valence-electron chi connectivity index (χ0n) is 5.82. The van der Waals surface area contributed by atoms with E-state index in [1.807, 2.05) is 0 Å². The van der Waals surface area contributed by atoms with Crippen LogP contribution in [0.3, 0.4) is 0 Å². The number of oxazole rings is 1. The number of hydrogen-bond acceptors (Lipinski definition) is 5. The lowest BCUT2D eigenvalue weighted by molar-refractivity contribution is 0.594. The predicted octanol–water partition coefficient (Wildman–Crippen LogP) is 2.14. The van der Waals surface area contributed by atoms with E-state index in [-0.39, 0.29) is 6.01 Å². The van der Waals surface area contributed by atoms with Crippen LogP contribution in [0.1, 0.15) is 0 Å². The van der Waals surface area contributed by atoms with E-state index in [1.54, 1.807) is 12.4 Å². The van der Waals surface area contributed by atoms with Gasteiger partial charge in [0, 0.05) is 0 Å². The van der Waals surface area contributed by atoms with Crippen molar-refractivity contribution in [1.82, 2.24) is 9.97 Å². The Balaban J connectivity index is 2.43. The van der Waals surface area contributed by atoms with Gasteiger partial charge in [-0.3, -0.25) is 0 Å². The van der Waals surface area contributed by atoms with Gasteiger partial charge in [0.25, 0.3) is 6.01 Å². The fourth-order valence-corrected chi connectivity index (χ4v) is 1.91. The third kappa shape index (κ3) is 1.35. The zero-order valence-corrected chi connectivity index (χ0v) is 8.22. The minimum absolute atomic E-state index is 0.163. The van der Waals surface area contributed by atoms with Crippen LogP contribution in [0.5, 0.6) is 0 Å². The maximum atomic E-state index is 5.31. The molecular weight excluding hydrogens is 242 g/mol. The van der Waals surface area contributed by atoms with Crippen molar-refractivity contribution in [1.29, 1.82) is 0 Å². The molecule has 0 bridgehead atoms. The summed E-state index contributed by atoms with van der Waals surface area (Å²) in [6.07, 6.45) is 3.26. The Morgan fingerprint density at radius 2 is 2.25 bits per heavy atom. The van der Waals surface area contributed by atoms with Crippen LogP contribution in [0.15, 0.2) is 20.6 Å². The molecule has 62 valence electrons. The van der Waals surface area contributed by atoms with Gasteiger partial charge in [0.1, 0.15) is 0 Å². The number of nitrogens with two attached hydrogens (primary N) is 1. The van der Waals surface area contributed by atoms with Crippen LogP contribution in [0, 0.1) is 0 Å². The highest BCUT2D eigenvalue weighted by Crippen LogP contribution is 2.28. The molecule has 0 aliphatic carbocycles. The molecule has 2 aromatic heterocycles. The quantitative estimate of drug-likeness (QED) is 0.837. The van der Waals surface area contributed by atoms with E-state index < -0.39 is 0 Å². The van der Waals surface area contributed by atoms with Crippen LogP contribution >= 0.6 is 27.3 Å². The van der Waals surface area contributed by atoms with Crippen molar-refractivity contribution in [3.8, 4) is 10.8 Å². The molecule has 4 nitrogen and oxygen atoms in total. The highest BCUT2D eigenvalue weighted by Gasteiger charge is 2.07. The standard InChI is InChI=1S/C6H4BrN3OS/c7-4-2-9-5(12-4)3-1-10-6(8)11-3/h1-2H,(H2,8,10). The number of thiazole rings is 1. The first-order valence-corrected chi connectivity index (χ1v) is 4.69. The second-order valence-electron chi connectivity index (χ2n) is 2.03. The van der Waals surface area contributed by atoms with Gasteiger partial charge in [-0.2, -0.15) is 0 Å². The van der Waals surface area contributed by atoms with E-state index in [2.05, 4.69) is 25.9 Å². The van der Waals surface area contributed by atoms with E-state index in [0.29, 0.717) is 5.76 Å². The van der Waals surface area contributed by atoms with Gasteiger partial charge < -0.3 is 10.2 Å². The molecule has 2 rings (SSSR count). The highest BCUT2D eigenvalue weighted by atomic mass is 79.9. The number of halogens is 1. The summed E-state index contributed by atoms with van der Waals surface area (Å²) in [6.45, 7) is 0. The minimum Gasteiger partial charge on any atom is -0.421 e. The molecule has 0 fully saturated rings. The smallest absolute Gasteiger partial charge is 0.292 e. The first-order valence-electron chi connectivity index (χ1n) is 3.09. The maximum Gasteiger partial charge on any atom is 0.292 e. The summed E-state index contributed by atoms with van der Waals surface area (Å²) >= 11 is 4.77. The molecule has 12 heavy (non-hydrogen) atoms. The summed E-state index contributed by atoms with van der Waals surface area (Å²) in [5.41, 5.74) is 5.31. The Hall–Kier alpha value is -0.880. The lowest BCUT2D eigenvalue weighted by atomic mass is 10.5. The Bertz CT molecular complexity index is 359. The van der Waals surface area contributed by atoms with Gasteiger partial charge in [-0.25, -0.2) is 9.97 Å². The lowest BCUT2D eigenvalue weighted by Gasteiger charge is -1.83. The first kappa shape index (κ1) is 7.75. The van der Waals surface area contributed by atoms with Gasteiger partial charge in [0.05, 0.1) is 16.2 Å². The Labute approximate surface area is 80.6 Å². The van der Waals surface area contributed by atoms with Gasteiger partial charge in [0.2, 0.25) is 0 Å². The molecule has 0 atom stereocenters. The summed E-state index contributed by atoms with van der Waals surface area (Å²) in [5.74, 6) is 0.600. The molecule has 6 heteroatoms. The van der Waals surface area contributed by atoms with E-state index in [4.69, 9.17) is 10.2 Å². The van der Waals surface area contributed by atoms with Gasteiger partial charge in [-0.1, -0.05) is 0 Å². The van der Waals surface area contributed by atoms with Crippen molar-refractivity contribution in [2.75, 3.05) is 5.73 Å². The molecule has 0 amide bonds. The summed E-state index contributed by atoms with van der Waals surface area (Å²) in [5, 5.41) is 0.770. The molecule has 0 aliphatic heterocycles. The number of nitrogens with zero attached hydrogens (tertiary/aromatic N) is 2. The normalized spacial score (nSPS) is 10.4. The molecule has 0 spiro atoms. The monoisotopic (exact) mass is 245 g/mol. The SMILES string of the molecule is Nc1ncc(-c2ncc(Br)s2)o1. The fourth-order valence-electron chi connectivity index (χ4n) is 0.755. The molecule has 0 unspecified atom stereocenters. The Morgan fingerprint density at radius 3 is 2.75 bits per heavy atom. The maximum absolute atomic E-state index is 5.31. The second-order valence-corrected chi connectivity index (χ2v) is 4.44. The van der Waals surface area contributed by atoms with Crippen LogP contribution in [0.25, 0.3) is 10.8 Å². The summed E-state index contributed by atoms with van der Waals surface area (Å²) in [6, 6.07) is 0.163. The van der Waals surface area contributed by atoms with Crippen LogP contribution < -0.4 is 5.73 Å². The average Bonchev–Trinajstić information content (AvgIpc) is 2.58. The van der Waals surface area contributed by atoms with Crippen molar-refractivity contribution in [2.45, 2.75) is 0 Å². The zero-order chi connectivity index (χ0) is 8.55. The molecule has 0 aromatic carbocycles. The summed E-state index contributed by atoms with van der Waals surface area (Å²) in [4.78, 5) is 7.85. The van der Waals surface area contributed by atoms with Gasteiger partial charge >= 0.3 is 0 Å². The summed E-state index contributed by atoms with van der Waals surface area (Å²) in [7, 11) is 0. The number of nitrogen functional groups attached to an aromatic ring is 1. The van der Waals surface area contributed by atoms with Gasteiger partial charge in [0.15, 0.2) is 10.8 Å². The Kier molecular flexibility index (Phi) is 1.86. The predicted molar refractivity (Wildman–Crippen MR) is 49.7 cm³/mol. The van der Waals surface area contributed by atoms with Crippen LogP contribution in [-0.2, 0) is 0 Å². The minimum atomic E-state index is 0.163. The molecule has 2 N–H and O–H groups in total. The van der Waals surface area contributed by atoms with Crippen molar-refractivity contribution in [2.24, 2.45) is 0 Å². The average molecular weight is 246 g/mol. The lowest BCUT2D eigenvalue weighted by Crippen LogP contribution is -1.79. The topological polar surface area (TPSA) is 64.9 Å². The molecule has 0 radical (unpaired) electrons. The number of aromatic nitrogens is 2. The third-order valence-electron chi connectivity index (χ3n) is 1.21. The third-order valence-corrected chi connectivity index (χ3v) is 2.70. The van der Waals surface area contributed by atoms with Crippen LogP contribution in [-0.4, -0.2) is 9.97 Å². The fraction of sp³-hybridized carbons (Fsp3) is 0. The molecule has 2 aromatic rings. The summed E-state index contributed by atoms with van der Waals surface area (Å²) < 4.78 is 6.03. The second kappa shape index (κ2) is 2.87. The van der Waals surface area contributed by atoms with Crippen molar-refractivity contribution in [3.63, 3.8) is 0 Å². The van der Waals surface area contributed by atoms with E-state index in [0.717, 1.165) is 8.79 Å². The molecular formula is C6H4BrN3OS. The first-order chi connectivity index (χ1) is 5.75. The van der Waals surface area contributed by atoms with Crippen LogP contribution in [0.4, 0.5) is 6.01 Å². The van der Waals surface area contributed by atoms with Gasteiger partial charge in [-0.15, -0.1) is 11.3 Å². The van der Waals surface area contributed by atoms with Crippen molar-refractivity contribution in [3.05, 3.63) is 16.2 Å². The van der Waals surface area contributed by atoms with E-state index in [9.17, 15) is 0 Å². The molecule has 0 aliphatic rings. The number of hydrogen-bond donors (Lipinski definition) is 1. The van der Waals surface area contributed by atoms with E-state index >= 15 is 0 Å². The highest BCUT2D eigenvalue weighted by molar-refractivity contribution is 9.11. The van der Waals surface area contributed by atoms with E-state index in [1.165, 1.54) is 11.3 Å². The number of rotatable bonds is 1. The largest absolute Gasteiger partial charge is 0.421 e.